The molecule has 0 unspecified atom stereocenters. The van der Waals surface area contributed by atoms with E-state index in [4.69, 9.17) is 10.5 Å². The molecule has 3 heteroatoms. The Morgan fingerprint density at radius 1 is 1.14 bits per heavy atom. The topological polar surface area (TPSA) is 47.3 Å². The van der Waals surface area contributed by atoms with E-state index in [0.29, 0.717) is 12.1 Å². The lowest BCUT2D eigenvalue weighted by atomic mass is 9.81. The Bertz CT molecular complexity index is 468. The summed E-state index contributed by atoms with van der Waals surface area (Å²) in [5, 5.41) is 3.50. The van der Waals surface area contributed by atoms with Crippen LogP contribution in [0, 0.1) is 6.92 Å². The standard InChI is InChI=1S/C19H30N2O/c1-14-5-2-3-6-17(14)15-8-10-16(11-9-15)22-13-19-18(20)7-4-12-21-19/h2-3,5-6,15-16,18-19,21H,4,7-13,20H2,1H3/t15?,16?,18-,19-/m0/s1. The monoisotopic (exact) mass is 302 g/mol. The zero-order valence-corrected chi connectivity index (χ0v) is 13.8. The highest BCUT2D eigenvalue weighted by Crippen LogP contribution is 2.35. The molecule has 3 nitrogen and oxygen atoms in total. The number of piperidine rings is 1. The van der Waals surface area contributed by atoms with E-state index >= 15 is 0 Å². The minimum atomic E-state index is 0.261. The molecule has 0 spiro atoms. The molecule has 0 aromatic heterocycles. The van der Waals surface area contributed by atoms with Gasteiger partial charge in [-0.3, -0.25) is 0 Å². The van der Waals surface area contributed by atoms with Gasteiger partial charge in [0.15, 0.2) is 0 Å². The van der Waals surface area contributed by atoms with Gasteiger partial charge in [0.25, 0.3) is 0 Å². The van der Waals surface area contributed by atoms with Crippen LogP contribution in [0.2, 0.25) is 0 Å². The first-order valence-electron chi connectivity index (χ1n) is 8.90. The molecule has 1 aliphatic heterocycles. The van der Waals surface area contributed by atoms with E-state index < -0.39 is 0 Å². The second kappa shape index (κ2) is 7.58. The zero-order chi connectivity index (χ0) is 15.4. The van der Waals surface area contributed by atoms with Gasteiger partial charge in [0, 0.05) is 12.1 Å². The average molecular weight is 302 g/mol. The molecular formula is C19H30N2O. The number of rotatable bonds is 4. The molecule has 2 atom stereocenters. The van der Waals surface area contributed by atoms with Crippen LogP contribution in [0.1, 0.15) is 55.6 Å². The lowest BCUT2D eigenvalue weighted by molar-refractivity contribution is 0.00616. The van der Waals surface area contributed by atoms with Gasteiger partial charge in [-0.15, -0.1) is 0 Å². The van der Waals surface area contributed by atoms with Crippen molar-refractivity contribution in [2.75, 3.05) is 13.2 Å². The van der Waals surface area contributed by atoms with Crippen LogP contribution in [0.3, 0.4) is 0 Å². The minimum absolute atomic E-state index is 0.261. The molecule has 122 valence electrons. The first kappa shape index (κ1) is 16.0. The van der Waals surface area contributed by atoms with Gasteiger partial charge in [-0.05, 0) is 69.0 Å². The van der Waals surface area contributed by atoms with Crippen LogP contribution >= 0.6 is 0 Å². The fourth-order valence-electron chi connectivity index (χ4n) is 3.99. The highest BCUT2D eigenvalue weighted by Gasteiger charge is 2.26. The Morgan fingerprint density at radius 2 is 1.91 bits per heavy atom. The van der Waals surface area contributed by atoms with Crippen molar-refractivity contribution in [2.45, 2.75) is 69.6 Å². The predicted molar refractivity (Wildman–Crippen MR) is 91.1 cm³/mol. The molecule has 1 saturated heterocycles. The maximum atomic E-state index is 6.17. The highest BCUT2D eigenvalue weighted by atomic mass is 16.5. The smallest absolute Gasteiger partial charge is 0.0638 e. The quantitative estimate of drug-likeness (QED) is 0.898. The van der Waals surface area contributed by atoms with Gasteiger partial charge in [0.1, 0.15) is 0 Å². The Labute approximate surface area is 134 Å². The van der Waals surface area contributed by atoms with Crippen molar-refractivity contribution >= 4 is 0 Å². The minimum Gasteiger partial charge on any atom is -0.377 e. The number of ether oxygens (including phenoxy) is 1. The van der Waals surface area contributed by atoms with Gasteiger partial charge in [0.05, 0.1) is 12.7 Å². The summed E-state index contributed by atoms with van der Waals surface area (Å²) in [7, 11) is 0. The molecule has 0 radical (unpaired) electrons. The number of nitrogens with one attached hydrogen (secondary N) is 1. The Hall–Kier alpha value is -0.900. The van der Waals surface area contributed by atoms with Crippen LogP contribution in [-0.4, -0.2) is 31.3 Å². The van der Waals surface area contributed by atoms with Crippen molar-refractivity contribution in [2.24, 2.45) is 5.73 Å². The second-order valence-electron chi connectivity index (χ2n) is 7.03. The number of hydrogen-bond donors (Lipinski definition) is 2. The van der Waals surface area contributed by atoms with Crippen LogP contribution in [0.25, 0.3) is 0 Å². The Morgan fingerprint density at radius 3 is 2.64 bits per heavy atom. The van der Waals surface area contributed by atoms with Gasteiger partial charge < -0.3 is 15.8 Å². The molecule has 2 aliphatic rings. The molecule has 2 fully saturated rings. The normalized spacial score (nSPS) is 32.8. The third kappa shape index (κ3) is 3.89. The molecule has 0 bridgehead atoms. The van der Waals surface area contributed by atoms with Gasteiger partial charge in [-0.2, -0.15) is 0 Å². The fourth-order valence-corrected chi connectivity index (χ4v) is 3.99. The summed E-state index contributed by atoms with van der Waals surface area (Å²) in [4.78, 5) is 0. The Balaban J connectivity index is 1.45. The first-order valence-corrected chi connectivity index (χ1v) is 8.90. The number of hydrogen-bond acceptors (Lipinski definition) is 3. The van der Waals surface area contributed by atoms with E-state index in [0.717, 1.165) is 25.5 Å². The van der Waals surface area contributed by atoms with Crippen LogP contribution < -0.4 is 11.1 Å². The van der Waals surface area contributed by atoms with Crippen molar-refractivity contribution in [1.82, 2.24) is 5.32 Å². The SMILES string of the molecule is Cc1ccccc1C1CCC(OC[C@@H]2NCCC[C@@H]2N)CC1. The van der Waals surface area contributed by atoms with E-state index in [1.807, 2.05) is 0 Å². The molecule has 22 heavy (non-hydrogen) atoms. The maximum absolute atomic E-state index is 6.17. The summed E-state index contributed by atoms with van der Waals surface area (Å²) in [6, 6.07) is 9.44. The van der Waals surface area contributed by atoms with Crippen molar-refractivity contribution in [3.05, 3.63) is 35.4 Å². The van der Waals surface area contributed by atoms with Gasteiger partial charge in [-0.25, -0.2) is 0 Å². The average Bonchev–Trinajstić information content (AvgIpc) is 2.55. The second-order valence-corrected chi connectivity index (χ2v) is 7.03. The number of aryl methyl sites for hydroxylation is 1. The molecule has 1 heterocycles. The molecule has 3 N–H and O–H groups in total. The molecular weight excluding hydrogens is 272 g/mol. The van der Waals surface area contributed by atoms with E-state index in [1.54, 1.807) is 0 Å². The third-order valence-corrected chi connectivity index (χ3v) is 5.45. The molecule has 3 rings (SSSR count). The molecule has 1 saturated carbocycles. The lowest BCUT2D eigenvalue weighted by Crippen LogP contribution is -2.52. The molecule has 1 aromatic carbocycles. The van der Waals surface area contributed by atoms with Crippen LogP contribution in [0.5, 0.6) is 0 Å². The largest absolute Gasteiger partial charge is 0.377 e. The van der Waals surface area contributed by atoms with Crippen molar-refractivity contribution in [1.29, 1.82) is 0 Å². The summed E-state index contributed by atoms with van der Waals surface area (Å²) in [6.45, 7) is 4.09. The third-order valence-electron chi connectivity index (χ3n) is 5.45. The van der Waals surface area contributed by atoms with Gasteiger partial charge in [-0.1, -0.05) is 24.3 Å². The zero-order valence-electron chi connectivity index (χ0n) is 13.8. The highest BCUT2D eigenvalue weighted by molar-refractivity contribution is 5.29. The molecule has 0 amide bonds. The summed E-state index contributed by atoms with van der Waals surface area (Å²) in [5.41, 5.74) is 9.14. The predicted octanol–water partition coefficient (Wildman–Crippen LogP) is 3.12. The fraction of sp³-hybridized carbons (Fsp3) is 0.684. The van der Waals surface area contributed by atoms with Crippen molar-refractivity contribution in [3.8, 4) is 0 Å². The van der Waals surface area contributed by atoms with Crippen LogP contribution in [0.4, 0.5) is 0 Å². The maximum Gasteiger partial charge on any atom is 0.0638 e. The summed E-state index contributed by atoms with van der Waals surface area (Å²) >= 11 is 0. The van der Waals surface area contributed by atoms with E-state index in [-0.39, 0.29) is 6.04 Å². The number of nitrogens with two attached hydrogens (primary N) is 1. The summed E-state index contributed by atoms with van der Waals surface area (Å²) in [5.74, 6) is 0.719. The van der Waals surface area contributed by atoms with Crippen LogP contribution in [0.15, 0.2) is 24.3 Å². The van der Waals surface area contributed by atoms with E-state index in [1.165, 1.54) is 43.2 Å². The lowest BCUT2D eigenvalue weighted by Gasteiger charge is -2.33. The summed E-state index contributed by atoms with van der Waals surface area (Å²) in [6.07, 6.45) is 7.61. The van der Waals surface area contributed by atoms with E-state index in [2.05, 4.69) is 36.5 Å². The Kier molecular flexibility index (Phi) is 5.51. The number of benzene rings is 1. The van der Waals surface area contributed by atoms with Crippen molar-refractivity contribution in [3.63, 3.8) is 0 Å². The summed E-state index contributed by atoms with van der Waals surface area (Å²) < 4.78 is 6.16. The van der Waals surface area contributed by atoms with Crippen molar-refractivity contribution < 1.29 is 4.74 Å². The van der Waals surface area contributed by atoms with Gasteiger partial charge in [0.2, 0.25) is 0 Å². The van der Waals surface area contributed by atoms with Crippen LogP contribution in [-0.2, 0) is 4.74 Å². The van der Waals surface area contributed by atoms with Gasteiger partial charge >= 0.3 is 0 Å². The van der Waals surface area contributed by atoms with E-state index in [9.17, 15) is 0 Å². The first-order chi connectivity index (χ1) is 10.7. The molecule has 1 aromatic rings. The molecule has 1 aliphatic carbocycles.